The van der Waals surface area contributed by atoms with E-state index in [1.807, 2.05) is 20.8 Å². The molecule has 4 bridgehead atoms. The van der Waals surface area contributed by atoms with Gasteiger partial charge in [-0.05, 0) is 70.1 Å². The fourth-order valence-corrected chi connectivity index (χ4v) is 5.90. The number of hydrogen-bond donors (Lipinski definition) is 1. The summed E-state index contributed by atoms with van der Waals surface area (Å²) in [5, 5.41) is 18.9. The third kappa shape index (κ3) is 1.68. The Morgan fingerprint density at radius 3 is 2.65 bits per heavy atom. The second kappa shape index (κ2) is 3.90. The molecule has 4 nitrogen and oxygen atoms in total. The Kier molecular flexibility index (Phi) is 2.68. The summed E-state index contributed by atoms with van der Waals surface area (Å²) in [5.74, 6) is 1.09. The smallest absolute Gasteiger partial charge is 0.408 e. The van der Waals surface area contributed by atoms with E-state index in [1.165, 1.54) is 0 Å². The van der Waals surface area contributed by atoms with Crippen LogP contribution in [0.5, 0.6) is 0 Å². The molecule has 4 aliphatic carbocycles. The molecule has 1 amide bonds. The Labute approximate surface area is 120 Å². The highest BCUT2D eigenvalue weighted by molar-refractivity contribution is 5.68. The normalized spacial score (nSPS) is 41.7. The maximum Gasteiger partial charge on any atom is 0.408 e. The van der Waals surface area contributed by atoms with Crippen molar-refractivity contribution in [1.82, 2.24) is 4.90 Å². The molecule has 0 saturated heterocycles. The van der Waals surface area contributed by atoms with Gasteiger partial charge in [-0.1, -0.05) is 0 Å². The fourth-order valence-electron chi connectivity index (χ4n) is 5.90. The summed E-state index contributed by atoms with van der Waals surface area (Å²) in [7, 11) is 0. The SMILES string of the molecule is CC(C)(C)N(C(=O)O)C12CC3CC1CC(CC#N)(C3)C2. The van der Waals surface area contributed by atoms with Gasteiger partial charge in [0.1, 0.15) is 0 Å². The minimum absolute atomic E-state index is 0.0968. The number of hydrogen-bond acceptors (Lipinski definition) is 2. The first-order valence-corrected chi connectivity index (χ1v) is 7.63. The lowest BCUT2D eigenvalue weighted by Crippen LogP contribution is -2.60. The number of nitrogens with zero attached hydrogens (tertiary/aromatic N) is 2. The topological polar surface area (TPSA) is 64.3 Å². The summed E-state index contributed by atoms with van der Waals surface area (Å²) in [6, 6.07) is 2.36. The van der Waals surface area contributed by atoms with Gasteiger partial charge in [0.05, 0.1) is 11.6 Å². The molecule has 1 N–H and O–H groups in total. The van der Waals surface area contributed by atoms with Crippen molar-refractivity contribution in [3.63, 3.8) is 0 Å². The number of carbonyl (C=O) groups is 1. The van der Waals surface area contributed by atoms with Crippen LogP contribution in [0, 0.1) is 28.6 Å². The highest BCUT2D eigenvalue weighted by atomic mass is 16.4. The molecule has 4 atom stereocenters. The van der Waals surface area contributed by atoms with Crippen molar-refractivity contribution in [3.8, 4) is 6.07 Å². The Hall–Kier alpha value is -1.24. The van der Waals surface area contributed by atoms with Crippen LogP contribution in [-0.4, -0.2) is 27.2 Å². The highest BCUT2D eigenvalue weighted by Crippen LogP contribution is 2.69. The van der Waals surface area contributed by atoms with E-state index < -0.39 is 6.09 Å². The minimum Gasteiger partial charge on any atom is -0.465 e. The second-order valence-corrected chi connectivity index (χ2v) is 8.32. The van der Waals surface area contributed by atoms with Crippen LogP contribution in [0.4, 0.5) is 4.79 Å². The van der Waals surface area contributed by atoms with Crippen molar-refractivity contribution in [2.75, 3.05) is 0 Å². The fraction of sp³-hybridized carbons (Fsp3) is 0.875. The molecule has 4 heteroatoms. The lowest BCUT2D eigenvalue weighted by atomic mass is 9.67. The van der Waals surface area contributed by atoms with E-state index in [1.54, 1.807) is 4.90 Å². The summed E-state index contributed by atoms with van der Waals surface area (Å²) in [6.07, 6.45) is 5.06. The average molecular weight is 276 g/mol. The second-order valence-electron chi connectivity index (χ2n) is 8.32. The van der Waals surface area contributed by atoms with Gasteiger partial charge in [-0.25, -0.2) is 4.79 Å². The van der Waals surface area contributed by atoms with E-state index in [0.29, 0.717) is 18.3 Å². The third-order valence-corrected chi connectivity index (χ3v) is 5.86. The number of rotatable bonds is 2. The number of amides is 1. The largest absolute Gasteiger partial charge is 0.465 e. The monoisotopic (exact) mass is 276 g/mol. The Bertz CT molecular complexity index is 490. The Balaban J connectivity index is 2.01. The molecule has 4 rings (SSSR count). The lowest BCUT2D eigenvalue weighted by Gasteiger charge is -2.50. The van der Waals surface area contributed by atoms with Crippen LogP contribution >= 0.6 is 0 Å². The van der Waals surface area contributed by atoms with Crippen molar-refractivity contribution < 1.29 is 9.90 Å². The predicted octanol–water partition coefficient (Wildman–Crippen LogP) is 3.63. The highest BCUT2D eigenvalue weighted by Gasteiger charge is 2.67. The molecule has 0 aromatic carbocycles. The van der Waals surface area contributed by atoms with Crippen molar-refractivity contribution in [2.24, 2.45) is 17.3 Å². The van der Waals surface area contributed by atoms with Crippen LogP contribution in [0.25, 0.3) is 0 Å². The summed E-state index contributed by atoms with van der Waals surface area (Å²) < 4.78 is 0. The average Bonchev–Trinajstić information content (AvgIpc) is 2.58. The van der Waals surface area contributed by atoms with E-state index in [-0.39, 0.29) is 16.5 Å². The number of nitriles is 1. The zero-order valence-corrected chi connectivity index (χ0v) is 12.6. The van der Waals surface area contributed by atoms with E-state index >= 15 is 0 Å². The van der Waals surface area contributed by atoms with Gasteiger partial charge >= 0.3 is 6.09 Å². The summed E-state index contributed by atoms with van der Waals surface area (Å²) in [6.45, 7) is 5.98. The first kappa shape index (κ1) is 13.7. The molecule has 0 spiro atoms. The molecule has 4 saturated carbocycles. The zero-order chi connectivity index (χ0) is 14.8. The standard InChI is InChI=1S/C16H24N2O2/c1-14(2,3)18(13(19)20)16-8-11-6-12(16)9-15(7-11,10-16)4-5-17/h11-12H,4,6-10H2,1-3H3,(H,19,20). The molecule has 4 aliphatic rings. The van der Waals surface area contributed by atoms with E-state index in [2.05, 4.69) is 6.07 Å². The molecule has 0 aromatic heterocycles. The van der Waals surface area contributed by atoms with Crippen LogP contribution in [0.1, 0.15) is 59.3 Å². The van der Waals surface area contributed by atoms with Crippen LogP contribution < -0.4 is 0 Å². The molecule has 4 unspecified atom stereocenters. The Morgan fingerprint density at radius 1 is 1.40 bits per heavy atom. The third-order valence-electron chi connectivity index (χ3n) is 5.86. The predicted molar refractivity (Wildman–Crippen MR) is 75.1 cm³/mol. The molecule has 0 aliphatic heterocycles. The molecule has 4 fully saturated rings. The Morgan fingerprint density at radius 2 is 2.10 bits per heavy atom. The lowest BCUT2D eigenvalue weighted by molar-refractivity contribution is -0.0101. The summed E-state index contributed by atoms with van der Waals surface area (Å²) in [5.41, 5.74) is -0.484. The molecule has 20 heavy (non-hydrogen) atoms. The van der Waals surface area contributed by atoms with E-state index in [4.69, 9.17) is 5.26 Å². The van der Waals surface area contributed by atoms with Gasteiger partial charge < -0.3 is 5.11 Å². The minimum atomic E-state index is -0.794. The first-order valence-electron chi connectivity index (χ1n) is 7.63. The van der Waals surface area contributed by atoms with Gasteiger partial charge in [0, 0.05) is 12.0 Å². The van der Waals surface area contributed by atoms with Crippen LogP contribution in [0.3, 0.4) is 0 Å². The molecular weight excluding hydrogens is 252 g/mol. The first-order chi connectivity index (χ1) is 9.22. The summed E-state index contributed by atoms with van der Waals surface area (Å²) in [4.78, 5) is 13.7. The molecule has 0 aromatic rings. The number of carboxylic acid groups (broad SMARTS) is 1. The van der Waals surface area contributed by atoms with Crippen molar-refractivity contribution in [1.29, 1.82) is 5.26 Å². The zero-order valence-electron chi connectivity index (χ0n) is 12.6. The van der Waals surface area contributed by atoms with Crippen LogP contribution in [-0.2, 0) is 0 Å². The van der Waals surface area contributed by atoms with Crippen molar-refractivity contribution >= 4 is 6.09 Å². The summed E-state index contributed by atoms with van der Waals surface area (Å²) >= 11 is 0. The van der Waals surface area contributed by atoms with Crippen LogP contribution in [0.15, 0.2) is 0 Å². The van der Waals surface area contributed by atoms with Gasteiger partial charge in [0.15, 0.2) is 0 Å². The van der Waals surface area contributed by atoms with Gasteiger partial charge in [-0.2, -0.15) is 5.26 Å². The van der Waals surface area contributed by atoms with Crippen molar-refractivity contribution in [3.05, 3.63) is 0 Å². The maximum atomic E-state index is 11.9. The van der Waals surface area contributed by atoms with Crippen LogP contribution in [0.2, 0.25) is 0 Å². The van der Waals surface area contributed by atoms with E-state index in [9.17, 15) is 9.90 Å². The quantitative estimate of drug-likeness (QED) is 0.837. The van der Waals surface area contributed by atoms with Gasteiger partial charge in [0.25, 0.3) is 0 Å². The molecule has 0 radical (unpaired) electrons. The van der Waals surface area contributed by atoms with Gasteiger partial charge in [0.2, 0.25) is 0 Å². The molecule has 0 heterocycles. The van der Waals surface area contributed by atoms with Crippen molar-refractivity contribution in [2.45, 2.75) is 70.4 Å². The molecular formula is C16H24N2O2. The molecule has 110 valence electrons. The maximum absolute atomic E-state index is 11.9. The van der Waals surface area contributed by atoms with Gasteiger partial charge in [-0.15, -0.1) is 0 Å². The van der Waals surface area contributed by atoms with Gasteiger partial charge in [-0.3, -0.25) is 4.90 Å². The van der Waals surface area contributed by atoms with E-state index in [0.717, 1.165) is 32.1 Å².